The van der Waals surface area contributed by atoms with Crippen molar-refractivity contribution in [2.24, 2.45) is 5.92 Å². The first-order valence-corrected chi connectivity index (χ1v) is 7.18. The highest BCUT2D eigenvalue weighted by atomic mass is 14.7. The van der Waals surface area contributed by atoms with Gasteiger partial charge in [0.05, 0.1) is 0 Å². The Labute approximate surface area is 109 Å². The molecule has 1 heteroatoms. The third kappa shape index (κ3) is 2.27. The van der Waals surface area contributed by atoms with Crippen molar-refractivity contribution < 1.29 is 0 Å². The highest BCUT2D eigenvalue weighted by Gasteiger charge is 2.15. The number of hydrogen-bond acceptors (Lipinski definition) is 1. The Bertz CT molecular complexity index is 538. The summed E-state index contributed by atoms with van der Waals surface area (Å²) in [6.45, 7) is 2.10. The quantitative estimate of drug-likeness (QED) is 0.742. The van der Waals surface area contributed by atoms with Gasteiger partial charge in [-0.05, 0) is 30.2 Å². The molecule has 0 aliphatic heterocycles. The van der Waals surface area contributed by atoms with Crippen molar-refractivity contribution in [3.05, 3.63) is 41.7 Å². The van der Waals surface area contributed by atoms with Gasteiger partial charge in [-0.1, -0.05) is 56.4 Å². The molecule has 1 fully saturated rings. The molecule has 0 atom stereocenters. The molecule has 1 aromatic carbocycles. The number of fused-ring (bicyclic) bond motifs is 1. The Hall–Kier alpha value is -1.37. The van der Waals surface area contributed by atoms with Crippen molar-refractivity contribution in [2.45, 2.75) is 45.4 Å². The van der Waals surface area contributed by atoms with Crippen LogP contribution in [0.3, 0.4) is 0 Å². The molecule has 0 saturated heterocycles. The lowest BCUT2D eigenvalue weighted by Crippen LogP contribution is -2.09. The molecule has 1 nitrogen and oxygen atoms in total. The monoisotopic (exact) mass is 239 g/mol. The molecule has 0 N–H and O–H groups in total. The van der Waals surface area contributed by atoms with E-state index in [2.05, 4.69) is 42.4 Å². The van der Waals surface area contributed by atoms with Crippen LogP contribution < -0.4 is 0 Å². The third-order valence-electron chi connectivity index (χ3n) is 4.31. The number of nitrogens with zero attached hydrogens (tertiary/aromatic N) is 1. The van der Waals surface area contributed by atoms with Crippen LogP contribution in [0.15, 0.2) is 30.5 Å². The second kappa shape index (κ2) is 5.09. The summed E-state index contributed by atoms with van der Waals surface area (Å²) in [5.74, 6) is 0.881. The van der Waals surface area contributed by atoms with Gasteiger partial charge in [0, 0.05) is 17.3 Å². The van der Waals surface area contributed by atoms with Crippen molar-refractivity contribution >= 4 is 10.8 Å². The number of benzene rings is 1. The SMILES string of the molecule is Cc1ncc(CC2CCCCC2)c2ccccc12. The smallest absolute Gasteiger partial charge is 0.0451 e. The first-order valence-electron chi connectivity index (χ1n) is 7.18. The minimum absolute atomic E-state index is 0.881. The first-order chi connectivity index (χ1) is 8.84. The van der Waals surface area contributed by atoms with E-state index in [0.29, 0.717) is 0 Å². The maximum atomic E-state index is 4.57. The molecule has 0 amide bonds. The van der Waals surface area contributed by atoms with Crippen LogP contribution in [0, 0.1) is 12.8 Å². The van der Waals surface area contributed by atoms with Crippen molar-refractivity contribution in [1.29, 1.82) is 0 Å². The average Bonchev–Trinajstić information content (AvgIpc) is 2.44. The zero-order valence-electron chi connectivity index (χ0n) is 11.2. The van der Waals surface area contributed by atoms with Crippen molar-refractivity contribution in [3.63, 3.8) is 0 Å². The minimum atomic E-state index is 0.881. The van der Waals surface area contributed by atoms with Gasteiger partial charge in [-0.2, -0.15) is 0 Å². The highest BCUT2D eigenvalue weighted by molar-refractivity contribution is 5.87. The lowest BCUT2D eigenvalue weighted by molar-refractivity contribution is 0.357. The standard InChI is InChI=1S/C17H21N/c1-13-16-9-5-6-10-17(16)15(12-18-13)11-14-7-3-2-4-8-14/h5-6,9-10,12,14H,2-4,7-8,11H2,1H3. The van der Waals surface area contributed by atoms with E-state index in [-0.39, 0.29) is 0 Å². The zero-order valence-corrected chi connectivity index (χ0v) is 11.2. The lowest BCUT2D eigenvalue weighted by atomic mass is 9.84. The van der Waals surface area contributed by atoms with Crippen LogP contribution in [-0.4, -0.2) is 4.98 Å². The highest BCUT2D eigenvalue weighted by Crippen LogP contribution is 2.29. The molecule has 1 saturated carbocycles. The van der Waals surface area contributed by atoms with E-state index in [4.69, 9.17) is 0 Å². The predicted molar refractivity (Wildman–Crippen MR) is 76.8 cm³/mol. The van der Waals surface area contributed by atoms with Crippen LogP contribution in [0.4, 0.5) is 0 Å². The molecule has 0 unspecified atom stereocenters. The second-order valence-electron chi connectivity index (χ2n) is 5.62. The van der Waals surface area contributed by atoms with Gasteiger partial charge >= 0.3 is 0 Å². The van der Waals surface area contributed by atoms with Gasteiger partial charge in [0.2, 0.25) is 0 Å². The minimum Gasteiger partial charge on any atom is -0.261 e. The summed E-state index contributed by atoms with van der Waals surface area (Å²) >= 11 is 0. The van der Waals surface area contributed by atoms with Crippen molar-refractivity contribution in [1.82, 2.24) is 4.98 Å². The number of aromatic nitrogens is 1. The fourth-order valence-corrected chi connectivity index (χ4v) is 3.26. The molecular weight excluding hydrogens is 218 g/mol. The fourth-order valence-electron chi connectivity index (χ4n) is 3.26. The molecule has 18 heavy (non-hydrogen) atoms. The van der Waals surface area contributed by atoms with Gasteiger partial charge in [-0.15, -0.1) is 0 Å². The number of pyridine rings is 1. The van der Waals surface area contributed by atoms with Gasteiger partial charge in [0.1, 0.15) is 0 Å². The summed E-state index contributed by atoms with van der Waals surface area (Å²) < 4.78 is 0. The Morgan fingerprint density at radius 3 is 2.56 bits per heavy atom. The van der Waals surface area contributed by atoms with E-state index in [1.165, 1.54) is 54.9 Å². The lowest BCUT2D eigenvalue weighted by Gasteiger charge is -2.22. The number of hydrogen-bond donors (Lipinski definition) is 0. The summed E-state index contributed by atoms with van der Waals surface area (Å²) in [5, 5.41) is 2.74. The molecular formula is C17H21N. The van der Waals surface area contributed by atoms with Gasteiger partial charge in [0.25, 0.3) is 0 Å². The molecule has 0 radical (unpaired) electrons. The van der Waals surface area contributed by atoms with Crippen LogP contribution in [0.25, 0.3) is 10.8 Å². The summed E-state index contributed by atoms with van der Waals surface area (Å²) in [5.41, 5.74) is 2.60. The summed E-state index contributed by atoms with van der Waals surface area (Å²) in [7, 11) is 0. The average molecular weight is 239 g/mol. The van der Waals surface area contributed by atoms with Crippen LogP contribution in [0.2, 0.25) is 0 Å². The topological polar surface area (TPSA) is 12.9 Å². The van der Waals surface area contributed by atoms with Gasteiger partial charge in [-0.3, -0.25) is 4.98 Å². The fraction of sp³-hybridized carbons (Fsp3) is 0.471. The molecule has 1 aromatic heterocycles. The molecule has 2 aromatic rings. The molecule has 0 spiro atoms. The molecule has 1 aliphatic rings. The molecule has 1 aliphatic carbocycles. The van der Waals surface area contributed by atoms with Gasteiger partial charge < -0.3 is 0 Å². The maximum absolute atomic E-state index is 4.57. The van der Waals surface area contributed by atoms with Gasteiger partial charge in [-0.25, -0.2) is 0 Å². The number of rotatable bonds is 2. The molecule has 1 heterocycles. The largest absolute Gasteiger partial charge is 0.261 e. The van der Waals surface area contributed by atoms with E-state index in [9.17, 15) is 0 Å². The Morgan fingerprint density at radius 2 is 1.78 bits per heavy atom. The van der Waals surface area contributed by atoms with Crippen LogP contribution in [0.5, 0.6) is 0 Å². The van der Waals surface area contributed by atoms with E-state index < -0.39 is 0 Å². The first kappa shape index (κ1) is 11.7. The predicted octanol–water partition coefficient (Wildman–Crippen LogP) is 4.67. The van der Waals surface area contributed by atoms with Crippen molar-refractivity contribution in [2.75, 3.05) is 0 Å². The molecule has 94 valence electrons. The Morgan fingerprint density at radius 1 is 1.06 bits per heavy atom. The Kier molecular flexibility index (Phi) is 3.31. The second-order valence-corrected chi connectivity index (χ2v) is 5.62. The molecule has 0 bridgehead atoms. The Balaban J connectivity index is 1.94. The third-order valence-corrected chi connectivity index (χ3v) is 4.31. The van der Waals surface area contributed by atoms with Crippen LogP contribution >= 0.6 is 0 Å². The van der Waals surface area contributed by atoms with Crippen LogP contribution in [0.1, 0.15) is 43.4 Å². The summed E-state index contributed by atoms with van der Waals surface area (Å²) in [6.07, 6.45) is 10.4. The summed E-state index contributed by atoms with van der Waals surface area (Å²) in [6, 6.07) is 8.71. The normalized spacial score (nSPS) is 17.2. The van der Waals surface area contributed by atoms with E-state index in [1.54, 1.807) is 0 Å². The summed E-state index contributed by atoms with van der Waals surface area (Å²) in [4.78, 5) is 4.57. The van der Waals surface area contributed by atoms with Crippen LogP contribution in [-0.2, 0) is 6.42 Å². The van der Waals surface area contributed by atoms with Crippen molar-refractivity contribution in [3.8, 4) is 0 Å². The maximum Gasteiger partial charge on any atom is 0.0451 e. The zero-order chi connectivity index (χ0) is 12.4. The van der Waals surface area contributed by atoms with E-state index in [1.807, 2.05) is 0 Å². The van der Waals surface area contributed by atoms with E-state index in [0.717, 1.165) is 11.6 Å². The van der Waals surface area contributed by atoms with E-state index >= 15 is 0 Å². The molecule has 3 rings (SSSR count). The number of aryl methyl sites for hydroxylation is 1. The van der Waals surface area contributed by atoms with Gasteiger partial charge in [0.15, 0.2) is 0 Å².